The third-order valence-corrected chi connectivity index (χ3v) is 4.58. The third kappa shape index (κ3) is 4.36. The van der Waals surface area contributed by atoms with Crippen LogP contribution in [0.2, 0.25) is 5.02 Å². The topological polar surface area (TPSA) is 75.4 Å². The van der Waals surface area contributed by atoms with Crippen LogP contribution in [0.3, 0.4) is 0 Å². The van der Waals surface area contributed by atoms with Crippen LogP contribution in [0.5, 0.6) is 0 Å². The zero-order valence-electron chi connectivity index (χ0n) is 13.4. The molecular weight excluding hydrogens is 328 g/mol. The minimum atomic E-state index is -0.430. The van der Waals surface area contributed by atoms with Crippen molar-refractivity contribution in [1.82, 2.24) is 10.3 Å². The Labute approximate surface area is 146 Å². The highest BCUT2D eigenvalue weighted by molar-refractivity contribution is 6.30. The van der Waals surface area contributed by atoms with E-state index in [0.29, 0.717) is 29.5 Å². The lowest BCUT2D eigenvalue weighted by Gasteiger charge is -2.28. The SMILES string of the molecule is O=C(CCc1ncc(-c2ccc(Cl)cc2)o1)NC1CCCCC1O. The molecule has 5 nitrogen and oxygen atoms in total. The molecule has 2 aromatic rings. The molecule has 1 fully saturated rings. The van der Waals surface area contributed by atoms with Crippen LogP contribution in [-0.2, 0) is 11.2 Å². The number of aliphatic hydroxyl groups is 1. The Hall–Kier alpha value is -1.85. The number of aryl methyl sites for hydroxylation is 1. The molecule has 1 amide bonds. The van der Waals surface area contributed by atoms with E-state index in [-0.39, 0.29) is 11.9 Å². The molecular formula is C18H21ClN2O3. The van der Waals surface area contributed by atoms with Gasteiger partial charge in [-0.05, 0) is 37.1 Å². The average Bonchev–Trinajstić information content (AvgIpc) is 3.05. The number of amides is 1. The maximum Gasteiger partial charge on any atom is 0.220 e. The van der Waals surface area contributed by atoms with Crippen molar-refractivity contribution in [2.24, 2.45) is 0 Å². The standard InChI is InChI=1S/C18H21ClN2O3/c19-13-7-5-12(6-8-13)16-11-20-18(24-16)10-9-17(23)21-14-3-1-2-4-15(14)22/h5-8,11,14-15,22H,1-4,9-10H2,(H,21,23). The van der Waals surface area contributed by atoms with Crippen molar-refractivity contribution in [1.29, 1.82) is 0 Å². The number of carbonyl (C=O) groups excluding carboxylic acids is 1. The van der Waals surface area contributed by atoms with Gasteiger partial charge in [-0.3, -0.25) is 4.79 Å². The molecule has 6 heteroatoms. The first kappa shape index (κ1) is 17.0. The van der Waals surface area contributed by atoms with Gasteiger partial charge < -0.3 is 14.8 Å². The molecule has 0 aliphatic heterocycles. The zero-order valence-corrected chi connectivity index (χ0v) is 14.1. The summed E-state index contributed by atoms with van der Waals surface area (Å²) in [5.74, 6) is 1.11. The van der Waals surface area contributed by atoms with E-state index < -0.39 is 6.10 Å². The van der Waals surface area contributed by atoms with Crippen LogP contribution in [0.25, 0.3) is 11.3 Å². The van der Waals surface area contributed by atoms with E-state index in [0.717, 1.165) is 31.2 Å². The van der Waals surface area contributed by atoms with Gasteiger partial charge >= 0.3 is 0 Å². The predicted molar refractivity (Wildman–Crippen MR) is 91.7 cm³/mol. The number of benzene rings is 1. The number of nitrogens with zero attached hydrogens (tertiary/aromatic N) is 1. The minimum absolute atomic E-state index is 0.0767. The van der Waals surface area contributed by atoms with Gasteiger partial charge in [0.2, 0.25) is 5.91 Å². The van der Waals surface area contributed by atoms with Gasteiger partial charge in [-0.2, -0.15) is 0 Å². The van der Waals surface area contributed by atoms with Crippen LogP contribution in [0.15, 0.2) is 34.9 Å². The normalized spacial score (nSPS) is 20.8. The molecule has 1 heterocycles. The number of hydrogen-bond acceptors (Lipinski definition) is 4. The van der Waals surface area contributed by atoms with E-state index in [1.807, 2.05) is 12.1 Å². The molecule has 0 bridgehead atoms. The molecule has 128 valence electrons. The van der Waals surface area contributed by atoms with Gasteiger partial charge in [-0.25, -0.2) is 4.98 Å². The molecule has 24 heavy (non-hydrogen) atoms. The Morgan fingerprint density at radius 1 is 1.29 bits per heavy atom. The van der Waals surface area contributed by atoms with Gasteiger partial charge in [0.05, 0.1) is 18.3 Å². The summed E-state index contributed by atoms with van der Waals surface area (Å²) >= 11 is 5.87. The maximum atomic E-state index is 12.0. The average molecular weight is 349 g/mol. The fourth-order valence-corrected chi connectivity index (χ4v) is 3.08. The number of nitrogens with one attached hydrogen (secondary N) is 1. The Kier molecular flexibility index (Phi) is 5.53. The Morgan fingerprint density at radius 3 is 2.79 bits per heavy atom. The molecule has 1 aliphatic rings. The number of rotatable bonds is 5. The molecule has 0 saturated heterocycles. The molecule has 0 radical (unpaired) electrons. The van der Waals surface area contributed by atoms with Crippen molar-refractivity contribution >= 4 is 17.5 Å². The lowest BCUT2D eigenvalue weighted by molar-refractivity contribution is -0.123. The summed E-state index contributed by atoms with van der Waals surface area (Å²) in [4.78, 5) is 16.3. The van der Waals surface area contributed by atoms with Gasteiger partial charge in [-0.15, -0.1) is 0 Å². The Morgan fingerprint density at radius 2 is 2.04 bits per heavy atom. The second kappa shape index (κ2) is 7.81. The lowest BCUT2D eigenvalue weighted by Crippen LogP contribution is -2.45. The monoisotopic (exact) mass is 348 g/mol. The molecule has 2 N–H and O–H groups in total. The first-order valence-corrected chi connectivity index (χ1v) is 8.67. The first-order valence-electron chi connectivity index (χ1n) is 8.30. The van der Waals surface area contributed by atoms with Crippen LogP contribution in [0, 0.1) is 0 Å². The van der Waals surface area contributed by atoms with Crippen molar-refractivity contribution < 1.29 is 14.3 Å². The van der Waals surface area contributed by atoms with Crippen molar-refractivity contribution in [3.05, 3.63) is 41.4 Å². The Bertz CT molecular complexity index is 684. The predicted octanol–water partition coefficient (Wildman–Crippen LogP) is 3.35. The van der Waals surface area contributed by atoms with E-state index in [4.69, 9.17) is 16.0 Å². The quantitative estimate of drug-likeness (QED) is 0.868. The van der Waals surface area contributed by atoms with E-state index in [1.165, 1.54) is 0 Å². The second-order valence-corrected chi connectivity index (χ2v) is 6.59. The van der Waals surface area contributed by atoms with E-state index in [2.05, 4.69) is 10.3 Å². The largest absolute Gasteiger partial charge is 0.441 e. The van der Waals surface area contributed by atoms with Gasteiger partial charge in [-0.1, -0.05) is 24.4 Å². The zero-order chi connectivity index (χ0) is 16.9. The molecule has 2 unspecified atom stereocenters. The molecule has 3 rings (SSSR count). The van der Waals surface area contributed by atoms with Crippen LogP contribution in [0.1, 0.15) is 38.0 Å². The molecule has 1 aliphatic carbocycles. The van der Waals surface area contributed by atoms with Gasteiger partial charge in [0, 0.05) is 23.4 Å². The van der Waals surface area contributed by atoms with Gasteiger partial charge in [0.1, 0.15) is 0 Å². The Balaban J connectivity index is 1.51. The molecule has 1 aromatic heterocycles. The minimum Gasteiger partial charge on any atom is -0.441 e. The van der Waals surface area contributed by atoms with E-state index >= 15 is 0 Å². The van der Waals surface area contributed by atoms with Crippen molar-refractivity contribution in [3.8, 4) is 11.3 Å². The number of carbonyl (C=O) groups is 1. The summed E-state index contributed by atoms with van der Waals surface area (Å²) in [6.45, 7) is 0. The van der Waals surface area contributed by atoms with E-state index in [9.17, 15) is 9.90 Å². The van der Waals surface area contributed by atoms with Crippen molar-refractivity contribution in [2.75, 3.05) is 0 Å². The summed E-state index contributed by atoms with van der Waals surface area (Å²) in [7, 11) is 0. The fraction of sp³-hybridized carbons (Fsp3) is 0.444. The summed E-state index contributed by atoms with van der Waals surface area (Å²) in [6, 6.07) is 7.19. The van der Waals surface area contributed by atoms with Crippen LogP contribution >= 0.6 is 11.6 Å². The number of hydrogen-bond donors (Lipinski definition) is 2. The molecule has 2 atom stereocenters. The van der Waals surface area contributed by atoms with Crippen molar-refractivity contribution in [2.45, 2.75) is 50.7 Å². The highest BCUT2D eigenvalue weighted by atomic mass is 35.5. The van der Waals surface area contributed by atoms with Crippen LogP contribution in [-0.4, -0.2) is 28.1 Å². The van der Waals surface area contributed by atoms with Gasteiger partial charge in [0.25, 0.3) is 0 Å². The second-order valence-electron chi connectivity index (χ2n) is 6.15. The maximum absolute atomic E-state index is 12.0. The van der Waals surface area contributed by atoms with Gasteiger partial charge in [0.15, 0.2) is 11.7 Å². The molecule has 1 saturated carbocycles. The summed E-state index contributed by atoms with van der Waals surface area (Å²) in [5.41, 5.74) is 0.896. The number of halogens is 1. The smallest absolute Gasteiger partial charge is 0.220 e. The first-order chi connectivity index (χ1) is 11.6. The number of aromatic nitrogens is 1. The van der Waals surface area contributed by atoms with E-state index in [1.54, 1.807) is 18.3 Å². The van der Waals surface area contributed by atoms with Crippen LogP contribution in [0.4, 0.5) is 0 Å². The number of aliphatic hydroxyl groups excluding tert-OH is 1. The summed E-state index contributed by atoms with van der Waals surface area (Å²) in [6.07, 6.45) is 5.62. The fourth-order valence-electron chi connectivity index (χ4n) is 2.95. The lowest BCUT2D eigenvalue weighted by atomic mass is 9.92. The molecule has 1 aromatic carbocycles. The van der Waals surface area contributed by atoms with Crippen molar-refractivity contribution in [3.63, 3.8) is 0 Å². The molecule has 0 spiro atoms. The summed E-state index contributed by atoms with van der Waals surface area (Å²) in [5, 5.41) is 13.5. The third-order valence-electron chi connectivity index (χ3n) is 4.32. The highest BCUT2D eigenvalue weighted by Gasteiger charge is 2.24. The summed E-state index contributed by atoms with van der Waals surface area (Å²) < 4.78 is 5.69. The van der Waals surface area contributed by atoms with Crippen LogP contribution < -0.4 is 5.32 Å². The highest BCUT2D eigenvalue weighted by Crippen LogP contribution is 2.23. The number of oxazole rings is 1.